The van der Waals surface area contributed by atoms with E-state index in [2.05, 4.69) is 5.16 Å². The highest BCUT2D eigenvalue weighted by atomic mass is 19.1. The van der Waals surface area contributed by atoms with Crippen molar-refractivity contribution in [3.63, 3.8) is 0 Å². The van der Waals surface area contributed by atoms with E-state index in [1.165, 1.54) is 19.2 Å². The lowest BCUT2D eigenvalue weighted by atomic mass is 9.97. The lowest BCUT2D eigenvalue weighted by Crippen LogP contribution is -2.14. The number of carboxylic acid groups (broad SMARTS) is 1. The average Bonchev–Trinajstić information content (AvgIpc) is 2.85. The van der Waals surface area contributed by atoms with E-state index in [0.29, 0.717) is 22.6 Å². The van der Waals surface area contributed by atoms with Gasteiger partial charge in [-0.05, 0) is 35.4 Å². The summed E-state index contributed by atoms with van der Waals surface area (Å²) in [4.78, 5) is 15.7. The van der Waals surface area contributed by atoms with Gasteiger partial charge in [-0.1, -0.05) is 53.7 Å². The molecule has 0 spiro atoms. The fraction of sp³-hybridized carbons (Fsp3) is 0.192. The normalized spacial score (nSPS) is 11.9. The van der Waals surface area contributed by atoms with Crippen molar-refractivity contribution in [2.75, 3.05) is 13.7 Å². The van der Waals surface area contributed by atoms with Crippen molar-refractivity contribution in [3.05, 3.63) is 95.3 Å². The van der Waals surface area contributed by atoms with Crippen LogP contribution in [-0.4, -0.2) is 30.5 Å². The van der Waals surface area contributed by atoms with Gasteiger partial charge in [-0.3, -0.25) is 4.79 Å². The zero-order chi connectivity index (χ0) is 24.3. The van der Waals surface area contributed by atoms with Gasteiger partial charge in [-0.15, -0.1) is 0 Å². The van der Waals surface area contributed by atoms with Crippen LogP contribution < -0.4 is 9.47 Å². The van der Waals surface area contributed by atoms with E-state index in [1.54, 1.807) is 30.3 Å². The van der Waals surface area contributed by atoms with Gasteiger partial charge in [-0.2, -0.15) is 5.26 Å². The molecule has 0 radical (unpaired) electrons. The Balaban J connectivity index is 1.58. The first-order valence-electron chi connectivity index (χ1n) is 10.4. The molecule has 3 rings (SSSR count). The summed E-state index contributed by atoms with van der Waals surface area (Å²) in [6.07, 6.45) is -0.269. The molecule has 0 fully saturated rings. The van der Waals surface area contributed by atoms with Gasteiger partial charge in [0, 0.05) is 5.56 Å². The molecule has 0 saturated heterocycles. The Morgan fingerprint density at radius 3 is 2.44 bits per heavy atom. The molecule has 34 heavy (non-hydrogen) atoms. The van der Waals surface area contributed by atoms with Gasteiger partial charge in [0.25, 0.3) is 0 Å². The molecule has 0 saturated carbocycles. The molecule has 0 amide bonds. The number of hydrogen-bond donors (Lipinski definition) is 1. The molecule has 0 aliphatic heterocycles. The second kappa shape index (κ2) is 12.0. The Morgan fingerprint density at radius 2 is 1.82 bits per heavy atom. The number of nitriles is 1. The minimum absolute atomic E-state index is 0.0303. The molecule has 0 aromatic heterocycles. The molecule has 0 aliphatic rings. The molecule has 0 heterocycles. The van der Waals surface area contributed by atoms with Crippen LogP contribution in [0.3, 0.4) is 0 Å². The largest absolute Gasteiger partial charge is 0.489 e. The Bertz CT molecular complexity index is 1170. The Labute approximate surface area is 196 Å². The zero-order valence-electron chi connectivity index (χ0n) is 18.5. The van der Waals surface area contributed by atoms with Crippen LogP contribution in [0.1, 0.15) is 29.0 Å². The van der Waals surface area contributed by atoms with E-state index in [1.807, 2.05) is 36.4 Å². The van der Waals surface area contributed by atoms with Gasteiger partial charge in [0.05, 0.1) is 18.4 Å². The third-order valence-corrected chi connectivity index (χ3v) is 4.89. The van der Waals surface area contributed by atoms with Gasteiger partial charge < -0.3 is 19.4 Å². The number of carboxylic acids is 1. The number of nitrogens with zero attached hydrogens (tertiary/aromatic N) is 2. The summed E-state index contributed by atoms with van der Waals surface area (Å²) in [5, 5.41) is 22.0. The van der Waals surface area contributed by atoms with Gasteiger partial charge >= 0.3 is 5.97 Å². The Hall–Kier alpha value is -4.38. The molecular weight excluding hydrogens is 439 g/mol. The van der Waals surface area contributed by atoms with Crippen LogP contribution in [0.15, 0.2) is 78.0 Å². The number of ether oxygens (including phenoxy) is 2. The smallest absolute Gasteiger partial charge is 0.305 e. The summed E-state index contributed by atoms with van der Waals surface area (Å²) in [6.45, 7) is 0.149. The second-order valence-corrected chi connectivity index (χ2v) is 7.28. The van der Waals surface area contributed by atoms with Crippen molar-refractivity contribution in [1.29, 1.82) is 5.26 Å². The minimum Gasteiger partial charge on any atom is -0.489 e. The van der Waals surface area contributed by atoms with E-state index in [0.717, 1.165) is 5.56 Å². The average molecular weight is 462 g/mol. The number of halogens is 1. The first kappa shape index (κ1) is 24.3. The highest BCUT2D eigenvalue weighted by Gasteiger charge is 2.15. The van der Waals surface area contributed by atoms with Crippen molar-refractivity contribution in [1.82, 2.24) is 0 Å². The fourth-order valence-corrected chi connectivity index (χ4v) is 3.18. The van der Waals surface area contributed by atoms with Crippen LogP contribution in [0.5, 0.6) is 11.5 Å². The van der Waals surface area contributed by atoms with E-state index in [4.69, 9.17) is 24.7 Å². The van der Waals surface area contributed by atoms with Crippen LogP contribution in [0.25, 0.3) is 0 Å². The first-order chi connectivity index (χ1) is 16.5. The highest BCUT2D eigenvalue weighted by molar-refractivity contribution is 6.01. The van der Waals surface area contributed by atoms with Crippen molar-refractivity contribution < 1.29 is 28.6 Å². The Morgan fingerprint density at radius 1 is 1.09 bits per heavy atom. The third-order valence-electron chi connectivity index (χ3n) is 4.89. The summed E-state index contributed by atoms with van der Waals surface area (Å²) in [5.41, 5.74) is 2.53. The van der Waals surface area contributed by atoms with Gasteiger partial charge in [0.1, 0.15) is 31.8 Å². The maximum atomic E-state index is 14.6. The van der Waals surface area contributed by atoms with Crippen LogP contribution >= 0.6 is 0 Å². The topological polar surface area (TPSA) is 101 Å². The standard InChI is InChI=1S/C26H23FN2O5/c1-32-29-24(20-5-3-2-4-6-20)17-34-25-12-7-18(13-23(25)27)16-33-22-10-8-19(9-11-22)21(15-28)14-26(30)31/h2-13,21H,14,16-17H2,1H3,(H,30,31)/b29-24-. The quantitative estimate of drug-likeness (QED) is 0.321. The summed E-state index contributed by atoms with van der Waals surface area (Å²) in [6, 6.07) is 22.4. The monoisotopic (exact) mass is 462 g/mol. The maximum absolute atomic E-state index is 14.6. The summed E-state index contributed by atoms with van der Waals surface area (Å²) >= 11 is 0. The number of rotatable bonds is 11. The zero-order valence-corrected chi connectivity index (χ0v) is 18.5. The molecule has 1 N–H and O–H groups in total. The van der Waals surface area contributed by atoms with Crippen LogP contribution in [0, 0.1) is 17.1 Å². The van der Waals surface area contributed by atoms with Crippen molar-refractivity contribution in [3.8, 4) is 17.6 Å². The molecule has 1 atom stereocenters. The number of hydrogen-bond acceptors (Lipinski definition) is 6. The highest BCUT2D eigenvalue weighted by Crippen LogP contribution is 2.24. The van der Waals surface area contributed by atoms with Gasteiger partial charge in [0.15, 0.2) is 11.6 Å². The SMILES string of the molecule is CO/N=C(/COc1ccc(COc2ccc(C(C#N)CC(=O)O)cc2)cc1F)c1ccccc1. The van der Waals surface area contributed by atoms with E-state index < -0.39 is 17.7 Å². The molecule has 174 valence electrons. The fourth-order valence-electron chi connectivity index (χ4n) is 3.18. The molecule has 0 aliphatic carbocycles. The molecule has 0 bridgehead atoms. The van der Waals surface area contributed by atoms with Crippen molar-refractivity contribution >= 4 is 11.7 Å². The summed E-state index contributed by atoms with van der Waals surface area (Å²) in [7, 11) is 1.43. The second-order valence-electron chi connectivity index (χ2n) is 7.28. The molecule has 1 unspecified atom stereocenters. The molecule has 3 aromatic carbocycles. The molecule has 7 nitrogen and oxygen atoms in total. The lowest BCUT2D eigenvalue weighted by Gasteiger charge is -2.12. The summed E-state index contributed by atoms with van der Waals surface area (Å²) in [5.74, 6) is -1.71. The number of oxime groups is 1. The van der Waals surface area contributed by atoms with Crippen molar-refractivity contribution in [2.24, 2.45) is 5.16 Å². The van der Waals surface area contributed by atoms with E-state index >= 15 is 0 Å². The predicted molar refractivity (Wildman–Crippen MR) is 123 cm³/mol. The molecule has 3 aromatic rings. The first-order valence-corrected chi connectivity index (χ1v) is 10.4. The van der Waals surface area contributed by atoms with E-state index in [-0.39, 0.29) is 25.4 Å². The third kappa shape index (κ3) is 6.81. The molecule has 8 heteroatoms. The molecular formula is C26H23FN2O5. The van der Waals surface area contributed by atoms with Crippen LogP contribution in [-0.2, 0) is 16.2 Å². The predicted octanol–water partition coefficient (Wildman–Crippen LogP) is 4.92. The number of carbonyl (C=O) groups is 1. The number of benzene rings is 3. The maximum Gasteiger partial charge on any atom is 0.305 e. The summed E-state index contributed by atoms with van der Waals surface area (Å²) < 4.78 is 25.9. The van der Waals surface area contributed by atoms with Crippen LogP contribution in [0.2, 0.25) is 0 Å². The number of aliphatic carboxylic acids is 1. The van der Waals surface area contributed by atoms with Gasteiger partial charge in [0.2, 0.25) is 0 Å². The Kier molecular flexibility index (Phi) is 8.58. The van der Waals surface area contributed by atoms with E-state index in [9.17, 15) is 9.18 Å². The minimum atomic E-state index is -1.04. The lowest BCUT2D eigenvalue weighted by molar-refractivity contribution is -0.137. The van der Waals surface area contributed by atoms with Gasteiger partial charge in [-0.25, -0.2) is 4.39 Å². The van der Waals surface area contributed by atoms with Crippen LogP contribution in [0.4, 0.5) is 4.39 Å². The van der Waals surface area contributed by atoms with Crippen molar-refractivity contribution in [2.45, 2.75) is 18.9 Å².